The zero-order valence-electron chi connectivity index (χ0n) is 11.5. The van der Waals surface area contributed by atoms with Crippen LogP contribution < -0.4 is 5.32 Å². The minimum absolute atomic E-state index is 0.140. The van der Waals surface area contributed by atoms with Gasteiger partial charge in [-0.15, -0.1) is 0 Å². The Labute approximate surface area is 115 Å². The summed E-state index contributed by atoms with van der Waals surface area (Å²) in [6, 6.07) is -0.140. The summed E-state index contributed by atoms with van der Waals surface area (Å²) in [6.45, 7) is 3.45. The minimum Gasteiger partial charge on any atom is -0.380 e. The predicted molar refractivity (Wildman–Crippen MR) is 74.8 cm³/mol. The van der Waals surface area contributed by atoms with E-state index in [0.29, 0.717) is 13.0 Å². The van der Waals surface area contributed by atoms with E-state index in [-0.39, 0.29) is 24.2 Å². The Bertz CT molecular complexity index is 471. The highest BCUT2D eigenvalue weighted by molar-refractivity contribution is 7.95. The van der Waals surface area contributed by atoms with Crippen LogP contribution in [-0.4, -0.2) is 65.6 Å². The van der Waals surface area contributed by atoms with Gasteiger partial charge in [-0.25, -0.2) is 16.8 Å². The van der Waals surface area contributed by atoms with Crippen LogP contribution in [-0.2, 0) is 24.4 Å². The highest BCUT2D eigenvalue weighted by Gasteiger charge is 2.36. The van der Waals surface area contributed by atoms with Gasteiger partial charge in [-0.3, -0.25) is 0 Å². The fourth-order valence-electron chi connectivity index (χ4n) is 2.05. The molecular formula is C11H23NO5S2. The zero-order chi connectivity index (χ0) is 14.5. The maximum atomic E-state index is 12.2. The molecule has 2 atom stereocenters. The Morgan fingerprint density at radius 1 is 1.21 bits per heavy atom. The largest absolute Gasteiger partial charge is 0.380 e. The fraction of sp³-hybridized carbons (Fsp3) is 1.00. The van der Waals surface area contributed by atoms with Crippen molar-refractivity contribution in [2.75, 3.05) is 37.5 Å². The van der Waals surface area contributed by atoms with Crippen molar-refractivity contribution in [2.45, 2.75) is 31.1 Å². The van der Waals surface area contributed by atoms with Crippen molar-refractivity contribution in [3.05, 3.63) is 0 Å². The molecule has 1 N–H and O–H groups in total. The maximum absolute atomic E-state index is 12.2. The molecule has 6 nitrogen and oxygen atoms in total. The molecule has 0 spiro atoms. The first-order chi connectivity index (χ1) is 8.76. The van der Waals surface area contributed by atoms with Gasteiger partial charge in [0, 0.05) is 18.9 Å². The third kappa shape index (κ3) is 5.76. The SMILES string of the molecule is CCCNC1CCOCC1S(=O)(=O)CCS(C)(=O)=O. The van der Waals surface area contributed by atoms with E-state index in [0.717, 1.165) is 19.2 Å². The van der Waals surface area contributed by atoms with Gasteiger partial charge in [0.25, 0.3) is 0 Å². The highest BCUT2D eigenvalue weighted by Crippen LogP contribution is 2.17. The third-order valence-corrected chi connectivity index (χ3v) is 6.52. The molecule has 1 saturated heterocycles. The molecule has 0 aromatic heterocycles. The van der Waals surface area contributed by atoms with Crippen LogP contribution in [0.2, 0.25) is 0 Å². The lowest BCUT2D eigenvalue weighted by Gasteiger charge is -2.31. The van der Waals surface area contributed by atoms with Crippen molar-refractivity contribution in [3.63, 3.8) is 0 Å². The summed E-state index contributed by atoms with van der Waals surface area (Å²) in [5.74, 6) is -0.656. The molecular weight excluding hydrogens is 290 g/mol. The van der Waals surface area contributed by atoms with Crippen LogP contribution in [0.5, 0.6) is 0 Å². The Morgan fingerprint density at radius 2 is 1.89 bits per heavy atom. The van der Waals surface area contributed by atoms with E-state index in [4.69, 9.17) is 4.74 Å². The van der Waals surface area contributed by atoms with Gasteiger partial charge in [-0.1, -0.05) is 6.92 Å². The molecule has 19 heavy (non-hydrogen) atoms. The standard InChI is InChI=1S/C11H23NO5S2/c1-3-5-12-10-4-6-17-9-11(10)19(15,16)8-7-18(2,13)14/h10-12H,3-9H2,1-2H3. The summed E-state index contributed by atoms with van der Waals surface area (Å²) in [7, 11) is -6.73. The summed E-state index contributed by atoms with van der Waals surface area (Å²) in [4.78, 5) is 0. The first-order valence-electron chi connectivity index (χ1n) is 6.46. The number of nitrogens with one attached hydrogen (secondary N) is 1. The molecule has 1 rings (SSSR count). The Morgan fingerprint density at radius 3 is 2.47 bits per heavy atom. The molecule has 1 fully saturated rings. The molecule has 0 aromatic carbocycles. The second-order valence-corrected chi connectivity index (χ2v) is 9.56. The highest BCUT2D eigenvalue weighted by atomic mass is 32.2. The van der Waals surface area contributed by atoms with Gasteiger partial charge in [-0.2, -0.15) is 0 Å². The normalized spacial score (nSPS) is 25.4. The van der Waals surface area contributed by atoms with E-state index in [2.05, 4.69) is 5.32 Å². The molecule has 0 radical (unpaired) electrons. The molecule has 0 amide bonds. The lowest BCUT2D eigenvalue weighted by molar-refractivity contribution is 0.0808. The molecule has 1 heterocycles. The lowest BCUT2D eigenvalue weighted by atomic mass is 10.1. The molecule has 1 aliphatic heterocycles. The van der Waals surface area contributed by atoms with Crippen LogP contribution in [0.25, 0.3) is 0 Å². The Hall–Kier alpha value is -0.180. The molecule has 0 saturated carbocycles. The molecule has 1 aliphatic rings. The van der Waals surface area contributed by atoms with Gasteiger partial charge in [0.05, 0.1) is 23.4 Å². The zero-order valence-corrected chi connectivity index (χ0v) is 13.1. The molecule has 0 bridgehead atoms. The Kier molecular flexibility index (Phi) is 6.22. The van der Waals surface area contributed by atoms with Gasteiger partial charge in [0.1, 0.15) is 9.84 Å². The summed E-state index contributed by atoms with van der Waals surface area (Å²) >= 11 is 0. The van der Waals surface area contributed by atoms with E-state index in [9.17, 15) is 16.8 Å². The summed E-state index contributed by atoms with van der Waals surface area (Å²) in [5, 5.41) is 2.57. The first-order valence-corrected chi connectivity index (χ1v) is 10.2. The van der Waals surface area contributed by atoms with Crippen LogP contribution in [0.15, 0.2) is 0 Å². The van der Waals surface area contributed by atoms with E-state index < -0.39 is 24.9 Å². The summed E-state index contributed by atoms with van der Waals surface area (Å²) < 4.78 is 51.9. The number of hydrogen-bond donors (Lipinski definition) is 1. The van der Waals surface area contributed by atoms with Crippen LogP contribution in [0.3, 0.4) is 0 Å². The smallest absolute Gasteiger partial charge is 0.157 e. The van der Waals surface area contributed by atoms with E-state index in [1.807, 2.05) is 6.92 Å². The monoisotopic (exact) mass is 313 g/mol. The fourth-order valence-corrected chi connectivity index (χ4v) is 5.53. The van der Waals surface area contributed by atoms with Crippen molar-refractivity contribution >= 4 is 19.7 Å². The summed E-state index contributed by atoms with van der Waals surface area (Å²) in [5.41, 5.74) is 0. The van der Waals surface area contributed by atoms with Crippen molar-refractivity contribution in [1.82, 2.24) is 5.32 Å². The number of hydrogen-bond acceptors (Lipinski definition) is 6. The maximum Gasteiger partial charge on any atom is 0.157 e. The number of sulfone groups is 2. The van der Waals surface area contributed by atoms with E-state index in [1.165, 1.54) is 0 Å². The molecule has 114 valence electrons. The van der Waals surface area contributed by atoms with Crippen molar-refractivity contribution in [3.8, 4) is 0 Å². The van der Waals surface area contributed by atoms with Crippen LogP contribution >= 0.6 is 0 Å². The van der Waals surface area contributed by atoms with Crippen molar-refractivity contribution < 1.29 is 21.6 Å². The van der Waals surface area contributed by atoms with Gasteiger partial charge in [-0.05, 0) is 19.4 Å². The van der Waals surface area contributed by atoms with Crippen LogP contribution in [0.1, 0.15) is 19.8 Å². The second kappa shape index (κ2) is 7.01. The average molecular weight is 313 g/mol. The van der Waals surface area contributed by atoms with E-state index >= 15 is 0 Å². The van der Waals surface area contributed by atoms with Crippen LogP contribution in [0.4, 0.5) is 0 Å². The molecule has 0 aliphatic carbocycles. The Balaban J connectivity index is 2.72. The van der Waals surface area contributed by atoms with Gasteiger partial charge >= 0.3 is 0 Å². The first kappa shape index (κ1) is 16.9. The molecule has 0 aromatic rings. The topological polar surface area (TPSA) is 89.5 Å². The van der Waals surface area contributed by atoms with Crippen molar-refractivity contribution in [1.29, 1.82) is 0 Å². The van der Waals surface area contributed by atoms with E-state index in [1.54, 1.807) is 0 Å². The van der Waals surface area contributed by atoms with Gasteiger partial charge in [0.15, 0.2) is 9.84 Å². The molecule has 2 unspecified atom stereocenters. The number of rotatable bonds is 7. The minimum atomic E-state index is -3.46. The van der Waals surface area contributed by atoms with Crippen molar-refractivity contribution in [2.24, 2.45) is 0 Å². The van der Waals surface area contributed by atoms with Gasteiger partial charge in [0.2, 0.25) is 0 Å². The molecule has 8 heteroatoms. The lowest BCUT2D eigenvalue weighted by Crippen LogP contribution is -2.51. The third-order valence-electron chi connectivity index (χ3n) is 3.16. The average Bonchev–Trinajstić information content (AvgIpc) is 2.34. The number of ether oxygens (including phenoxy) is 1. The second-order valence-electron chi connectivity index (χ2n) is 4.96. The predicted octanol–water partition coefficient (Wildman–Crippen LogP) is -0.397. The summed E-state index contributed by atoms with van der Waals surface area (Å²) in [6.07, 6.45) is 2.61. The van der Waals surface area contributed by atoms with Gasteiger partial charge < -0.3 is 10.1 Å². The quantitative estimate of drug-likeness (QED) is 0.688. The van der Waals surface area contributed by atoms with Crippen LogP contribution in [0, 0.1) is 0 Å².